The molecule has 1 aliphatic rings. The van der Waals surface area contributed by atoms with Crippen molar-refractivity contribution in [3.63, 3.8) is 0 Å². The molecule has 0 bridgehead atoms. The molecule has 1 atom stereocenters. The minimum atomic E-state index is -3.19. The van der Waals surface area contributed by atoms with Crippen molar-refractivity contribution in [3.05, 3.63) is 24.3 Å². The number of sulfone groups is 1. The van der Waals surface area contributed by atoms with Crippen LogP contribution in [0.3, 0.4) is 0 Å². The average molecular weight is 309 g/mol. The van der Waals surface area contributed by atoms with Crippen molar-refractivity contribution >= 4 is 15.5 Å². The van der Waals surface area contributed by atoms with E-state index in [-0.39, 0.29) is 11.2 Å². The van der Waals surface area contributed by atoms with Gasteiger partial charge in [-0.2, -0.15) is 0 Å². The van der Waals surface area contributed by atoms with Crippen LogP contribution in [0.5, 0.6) is 0 Å². The maximum atomic E-state index is 12.4. The van der Waals surface area contributed by atoms with Gasteiger partial charge in [-0.1, -0.05) is 45.7 Å². The van der Waals surface area contributed by atoms with Crippen LogP contribution in [0.15, 0.2) is 29.2 Å². The molecule has 1 N–H and O–H groups in total. The van der Waals surface area contributed by atoms with Gasteiger partial charge >= 0.3 is 0 Å². The van der Waals surface area contributed by atoms with Gasteiger partial charge in [0.05, 0.1) is 16.3 Å². The number of hydrogen-bond acceptors (Lipinski definition) is 3. The third-order valence-electron chi connectivity index (χ3n) is 4.53. The van der Waals surface area contributed by atoms with E-state index in [2.05, 4.69) is 19.2 Å². The lowest BCUT2D eigenvalue weighted by molar-refractivity contribution is 0.217. The molecular formula is C17H27NO2S. The first-order valence-electron chi connectivity index (χ1n) is 7.95. The van der Waals surface area contributed by atoms with Crippen LogP contribution in [0.4, 0.5) is 5.69 Å². The first-order chi connectivity index (χ1) is 9.87. The van der Waals surface area contributed by atoms with E-state index >= 15 is 0 Å². The van der Waals surface area contributed by atoms with Gasteiger partial charge in [0.15, 0.2) is 9.84 Å². The Bertz CT molecular complexity index is 578. The van der Waals surface area contributed by atoms with Crippen LogP contribution >= 0.6 is 0 Å². The topological polar surface area (TPSA) is 46.2 Å². The lowest BCUT2D eigenvalue weighted by Gasteiger charge is -2.40. The van der Waals surface area contributed by atoms with Crippen molar-refractivity contribution in [3.8, 4) is 0 Å². The van der Waals surface area contributed by atoms with Gasteiger partial charge in [-0.3, -0.25) is 0 Å². The van der Waals surface area contributed by atoms with Gasteiger partial charge in [0, 0.05) is 6.04 Å². The Kier molecular flexibility index (Phi) is 4.97. The number of nitrogens with one attached hydrogen (secondary N) is 1. The molecule has 1 saturated carbocycles. The molecule has 0 amide bonds. The largest absolute Gasteiger partial charge is 0.381 e. The Morgan fingerprint density at radius 3 is 2.62 bits per heavy atom. The van der Waals surface area contributed by atoms with Crippen molar-refractivity contribution in [2.24, 2.45) is 5.41 Å². The van der Waals surface area contributed by atoms with E-state index in [9.17, 15) is 8.42 Å². The molecule has 1 aliphatic carbocycles. The van der Waals surface area contributed by atoms with Crippen LogP contribution in [0.25, 0.3) is 0 Å². The van der Waals surface area contributed by atoms with E-state index in [1.807, 2.05) is 19.1 Å². The molecule has 0 aliphatic heterocycles. The van der Waals surface area contributed by atoms with Crippen LogP contribution in [-0.4, -0.2) is 20.2 Å². The Morgan fingerprint density at radius 2 is 1.95 bits per heavy atom. The Hall–Kier alpha value is -1.03. The summed E-state index contributed by atoms with van der Waals surface area (Å²) in [5.74, 6) is 0.208. The fraction of sp³-hybridized carbons (Fsp3) is 0.647. The molecule has 0 saturated heterocycles. The van der Waals surface area contributed by atoms with E-state index in [1.54, 1.807) is 12.1 Å². The molecule has 4 heteroatoms. The van der Waals surface area contributed by atoms with E-state index in [0.29, 0.717) is 17.4 Å². The summed E-state index contributed by atoms with van der Waals surface area (Å²) in [4.78, 5) is 0.452. The minimum absolute atomic E-state index is 0.208. The fourth-order valence-corrected chi connectivity index (χ4v) is 4.69. The highest BCUT2D eigenvalue weighted by molar-refractivity contribution is 7.91. The molecule has 1 aromatic carbocycles. The van der Waals surface area contributed by atoms with Gasteiger partial charge in [0.25, 0.3) is 0 Å². The first-order valence-corrected chi connectivity index (χ1v) is 9.60. The third-order valence-corrected chi connectivity index (χ3v) is 6.50. The summed E-state index contributed by atoms with van der Waals surface area (Å²) < 4.78 is 24.8. The highest BCUT2D eigenvalue weighted by Crippen LogP contribution is 2.38. The number of rotatable bonds is 5. The fourth-order valence-electron chi connectivity index (χ4n) is 3.19. The average Bonchev–Trinajstić information content (AvgIpc) is 2.41. The lowest BCUT2D eigenvalue weighted by atomic mass is 9.73. The van der Waals surface area contributed by atoms with Gasteiger partial charge in [-0.25, -0.2) is 8.42 Å². The van der Waals surface area contributed by atoms with E-state index in [4.69, 9.17) is 0 Å². The highest BCUT2D eigenvalue weighted by Gasteiger charge is 2.33. The third kappa shape index (κ3) is 3.79. The van der Waals surface area contributed by atoms with Crippen molar-refractivity contribution < 1.29 is 8.42 Å². The van der Waals surface area contributed by atoms with Crippen LogP contribution in [-0.2, 0) is 9.84 Å². The molecule has 0 spiro atoms. The second kappa shape index (κ2) is 6.39. The second-order valence-electron chi connectivity index (χ2n) is 6.75. The zero-order valence-electron chi connectivity index (χ0n) is 13.4. The van der Waals surface area contributed by atoms with E-state index < -0.39 is 9.84 Å². The quantitative estimate of drug-likeness (QED) is 0.884. The van der Waals surface area contributed by atoms with Crippen LogP contribution in [0.2, 0.25) is 0 Å². The molecule has 0 aromatic heterocycles. The van der Waals surface area contributed by atoms with Gasteiger partial charge < -0.3 is 5.32 Å². The minimum Gasteiger partial charge on any atom is -0.381 e. The number of para-hydroxylation sites is 1. The summed E-state index contributed by atoms with van der Waals surface area (Å²) in [6.07, 6.45) is 5.42. The monoisotopic (exact) mass is 309 g/mol. The Labute approximate surface area is 129 Å². The summed E-state index contributed by atoms with van der Waals surface area (Å²) >= 11 is 0. The van der Waals surface area contributed by atoms with Gasteiger partial charge in [-0.05, 0) is 36.8 Å². The summed E-state index contributed by atoms with van der Waals surface area (Å²) in [5.41, 5.74) is 0.978. The number of hydrogen-bond donors (Lipinski definition) is 1. The van der Waals surface area contributed by atoms with E-state index in [1.165, 1.54) is 19.3 Å². The van der Waals surface area contributed by atoms with Crippen LogP contribution in [0.1, 0.15) is 52.9 Å². The molecule has 118 valence electrons. The van der Waals surface area contributed by atoms with Crippen LogP contribution in [0, 0.1) is 5.41 Å². The summed E-state index contributed by atoms with van der Waals surface area (Å²) in [7, 11) is -3.19. The molecule has 1 unspecified atom stereocenters. The molecule has 1 fully saturated rings. The molecule has 1 aromatic rings. The predicted molar refractivity (Wildman–Crippen MR) is 88.4 cm³/mol. The maximum absolute atomic E-state index is 12.4. The summed E-state index contributed by atoms with van der Waals surface area (Å²) in [6.45, 7) is 6.44. The highest BCUT2D eigenvalue weighted by atomic mass is 32.2. The maximum Gasteiger partial charge on any atom is 0.180 e. The van der Waals surface area contributed by atoms with Crippen molar-refractivity contribution in [2.75, 3.05) is 11.1 Å². The van der Waals surface area contributed by atoms with Crippen molar-refractivity contribution in [2.45, 2.75) is 63.8 Å². The SMILES string of the molecule is CCCS(=O)(=O)c1ccccc1NC1CCCCC1(C)C. The zero-order valence-corrected chi connectivity index (χ0v) is 14.2. The van der Waals surface area contributed by atoms with E-state index in [0.717, 1.165) is 12.1 Å². The summed E-state index contributed by atoms with van der Waals surface area (Å²) in [6, 6.07) is 7.67. The Balaban J connectivity index is 2.29. The second-order valence-corrected chi connectivity index (χ2v) is 8.82. The predicted octanol–water partition coefficient (Wildman–Crippen LogP) is 4.25. The lowest BCUT2D eigenvalue weighted by Crippen LogP contribution is -2.39. The zero-order chi connectivity index (χ0) is 15.5. The smallest absolute Gasteiger partial charge is 0.180 e. The normalized spacial score (nSPS) is 22.0. The van der Waals surface area contributed by atoms with Crippen LogP contribution < -0.4 is 5.32 Å². The number of benzene rings is 1. The molecule has 3 nitrogen and oxygen atoms in total. The Morgan fingerprint density at radius 1 is 1.24 bits per heavy atom. The summed E-state index contributed by atoms with van der Waals surface area (Å²) in [5, 5.41) is 3.53. The molecule has 2 rings (SSSR count). The number of anilines is 1. The van der Waals surface area contributed by atoms with Gasteiger partial charge in [0.1, 0.15) is 0 Å². The molecule has 0 heterocycles. The molecule has 21 heavy (non-hydrogen) atoms. The van der Waals surface area contributed by atoms with Crippen molar-refractivity contribution in [1.82, 2.24) is 0 Å². The van der Waals surface area contributed by atoms with Gasteiger partial charge in [0.2, 0.25) is 0 Å². The standard InChI is InChI=1S/C17H27NO2S/c1-4-13-21(19,20)15-10-6-5-9-14(15)18-16-11-7-8-12-17(16,2)3/h5-6,9-10,16,18H,4,7-8,11-13H2,1-3H3. The molecular weight excluding hydrogens is 282 g/mol. The first kappa shape index (κ1) is 16.3. The van der Waals surface area contributed by atoms with Crippen molar-refractivity contribution in [1.29, 1.82) is 0 Å². The molecule has 0 radical (unpaired) electrons. The van der Waals surface area contributed by atoms with Gasteiger partial charge in [-0.15, -0.1) is 0 Å².